The Balaban J connectivity index is 3.36. The van der Waals surface area contributed by atoms with Gasteiger partial charge in [-0.25, -0.2) is 4.79 Å². The van der Waals surface area contributed by atoms with Crippen molar-refractivity contribution in [3.63, 3.8) is 0 Å². The van der Waals surface area contributed by atoms with Crippen LogP contribution >= 0.6 is 0 Å². The highest BCUT2D eigenvalue weighted by atomic mass is 16.5. The van der Waals surface area contributed by atoms with E-state index in [9.17, 15) is 9.59 Å². The maximum absolute atomic E-state index is 12.2. The van der Waals surface area contributed by atoms with Crippen LogP contribution in [0.25, 0.3) is 0 Å². The Hall–Kier alpha value is -1.84. The van der Waals surface area contributed by atoms with E-state index in [1.807, 2.05) is 26.0 Å². The number of hydrogen-bond acceptors (Lipinski definition) is 4. The van der Waals surface area contributed by atoms with Gasteiger partial charge in [-0.15, -0.1) is 0 Å². The van der Waals surface area contributed by atoms with Crippen LogP contribution in [-0.2, 0) is 9.53 Å². The second-order valence-corrected chi connectivity index (χ2v) is 4.58. The molecule has 1 rings (SSSR count). The number of hydrogen-bond donors (Lipinski definition) is 0. The Morgan fingerprint density at radius 3 is 2.37 bits per heavy atom. The monoisotopic (exact) mass is 264 g/mol. The van der Waals surface area contributed by atoms with E-state index in [1.54, 1.807) is 13.8 Å². The molecule has 0 radical (unpaired) electrons. The number of carbonyl (C=O) groups is 2. The number of methoxy groups -OCH3 is 1. The van der Waals surface area contributed by atoms with Crippen LogP contribution in [0.15, 0.2) is 12.1 Å². The van der Waals surface area contributed by atoms with Gasteiger partial charge in [0.1, 0.15) is 5.75 Å². The minimum Gasteiger partial charge on any atom is -0.496 e. The van der Waals surface area contributed by atoms with Gasteiger partial charge in [-0.2, -0.15) is 0 Å². The van der Waals surface area contributed by atoms with Crippen molar-refractivity contribution < 1.29 is 19.1 Å². The van der Waals surface area contributed by atoms with Gasteiger partial charge in [0.25, 0.3) is 5.78 Å². The Labute approximate surface area is 113 Å². The van der Waals surface area contributed by atoms with Gasteiger partial charge in [0, 0.05) is 0 Å². The summed E-state index contributed by atoms with van der Waals surface area (Å²) < 4.78 is 10.1. The molecule has 0 amide bonds. The summed E-state index contributed by atoms with van der Waals surface area (Å²) in [5, 5.41) is 0. The number of carbonyl (C=O) groups excluding carboxylic acids is 2. The Morgan fingerprint density at radius 1 is 1.26 bits per heavy atom. The van der Waals surface area contributed by atoms with Crippen LogP contribution < -0.4 is 4.74 Å². The molecule has 0 aliphatic carbocycles. The number of esters is 1. The molecule has 0 unspecified atom stereocenters. The number of Topliss-reactive ketones (excluding diaryl/α,β-unsaturated/α-hetero) is 1. The Morgan fingerprint density at radius 2 is 1.89 bits per heavy atom. The number of aryl methyl sites for hydroxylation is 1. The molecule has 0 fully saturated rings. The molecule has 0 aliphatic rings. The van der Waals surface area contributed by atoms with Gasteiger partial charge < -0.3 is 9.47 Å². The van der Waals surface area contributed by atoms with E-state index >= 15 is 0 Å². The number of ether oxygens (including phenoxy) is 2. The smallest absolute Gasteiger partial charge is 0.379 e. The average Bonchev–Trinajstić information content (AvgIpc) is 2.37. The predicted molar refractivity (Wildman–Crippen MR) is 72.8 cm³/mol. The Kier molecular flexibility index (Phi) is 5.10. The number of benzene rings is 1. The van der Waals surface area contributed by atoms with Crippen LogP contribution in [-0.4, -0.2) is 25.5 Å². The summed E-state index contributed by atoms with van der Waals surface area (Å²) in [5.41, 5.74) is 1.91. The summed E-state index contributed by atoms with van der Waals surface area (Å²) in [6.45, 7) is 7.63. The molecule has 4 heteroatoms. The van der Waals surface area contributed by atoms with Crippen molar-refractivity contribution in [3.05, 3.63) is 28.8 Å². The second kappa shape index (κ2) is 6.36. The van der Waals surface area contributed by atoms with Crippen molar-refractivity contribution in [1.82, 2.24) is 0 Å². The summed E-state index contributed by atoms with van der Waals surface area (Å²) in [4.78, 5) is 23.8. The van der Waals surface area contributed by atoms with Gasteiger partial charge in [-0.3, -0.25) is 4.79 Å². The zero-order valence-electron chi connectivity index (χ0n) is 12.1. The normalized spacial score (nSPS) is 10.4. The van der Waals surface area contributed by atoms with Crippen molar-refractivity contribution >= 4 is 11.8 Å². The predicted octanol–water partition coefficient (Wildman–Crippen LogP) is 2.87. The molecule has 0 saturated carbocycles. The van der Waals surface area contributed by atoms with E-state index in [1.165, 1.54) is 7.11 Å². The number of ketones is 1. The summed E-state index contributed by atoms with van der Waals surface area (Å²) in [7, 11) is 1.50. The zero-order chi connectivity index (χ0) is 14.6. The molecular weight excluding hydrogens is 244 g/mol. The molecular formula is C15H20O4. The second-order valence-electron chi connectivity index (χ2n) is 4.58. The average molecular weight is 264 g/mol. The molecule has 1 aromatic carbocycles. The first-order chi connectivity index (χ1) is 8.93. The molecule has 0 saturated heterocycles. The van der Waals surface area contributed by atoms with E-state index in [0.29, 0.717) is 16.9 Å². The van der Waals surface area contributed by atoms with Gasteiger partial charge in [0.2, 0.25) is 0 Å². The third kappa shape index (κ3) is 3.13. The minimum absolute atomic E-state index is 0.176. The van der Waals surface area contributed by atoms with E-state index in [0.717, 1.165) is 5.56 Å². The standard InChI is InChI=1S/C15H20O4/c1-6-19-15(17)13(16)12-10(4)7-8-11(9(2)3)14(12)18-5/h7-9H,6H2,1-5H3. The topological polar surface area (TPSA) is 52.6 Å². The van der Waals surface area contributed by atoms with Gasteiger partial charge in [-0.1, -0.05) is 26.0 Å². The number of rotatable bonds is 5. The maximum atomic E-state index is 12.2. The lowest BCUT2D eigenvalue weighted by molar-refractivity contribution is -0.137. The quantitative estimate of drug-likeness (QED) is 0.466. The highest BCUT2D eigenvalue weighted by Gasteiger charge is 2.26. The first-order valence-corrected chi connectivity index (χ1v) is 6.32. The van der Waals surface area contributed by atoms with Crippen LogP contribution in [0.4, 0.5) is 0 Å². The molecule has 104 valence electrons. The van der Waals surface area contributed by atoms with Gasteiger partial charge in [-0.05, 0) is 30.9 Å². The zero-order valence-corrected chi connectivity index (χ0v) is 12.1. The van der Waals surface area contributed by atoms with Crippen LogP contribution in [0.3, 0.4) is 0 Å². The van der Waals surface area contributed by atoms with E-state index < -0.39 is 11.8 Å². The van der Waals surface area contributed by atoms with Crippen LogP contribution in [0.5, 0.6) is 5.75 Å². The lowest BCUT2D eigenvalue weighted by Crippen LogP contribution is -2.20. The summed E-state index contributed by atoms with van der Waals surface area (Å²) in [6, 6.07) is 3.74. The molecule has 0 N–H and O–H groups in total. The molecule has 1 aromatic rings. The SMILES string of the molecule is CCOC(=O)C(=O)c1c(C)ccc(C(C)C)c1OC. The third-order valence-corrected chi connectivity index (χ3v) is 2.91. The molecule has 0 atom stereocenters. The summed E-state index contributed by atoms with van der Waals surface area (Å²) >= 11 is 0. The lowest BCUT2D eigenvalue weighted by Gasteiger charge is -2.16. The fraction of sp³-hybridized carbons (Fsp3) is 0.467. The van der Waals surface area contributed by atoms with Crippen LogP contribution in [0.1, 0.15) is 48.2 Å². The van der Waals surface area contributed by atoms with Crippen molar-refractivity contribution in [2.24, 2.45) is 0 Å². The van der Waals surface area contributed by atoms with Gasteiger partial charge in [0.05, 0.1) is 19.3 Å². The largest absolute Gasteiger partial charge is 0.496 e. The fourth-order valence-electron chi connectivity index (χ4n) is 1.95. The van der Waals surface area contributed by atoms with Crippen molar-refractivity contribution in [2.45, 2.75) is 33.6 Å². The van der Waals surface area contributed by atoms with Gasteiger partial charge >= 0.3 is 5.97 Å². The van der Waals surface area contributed by atoms with Crippen molar-refractivity contribution in [3.8, 4) is 5.75 Å². The Bertz CT molecular complexity index is 489. The summed E-state index contributed by atoms with van der Waals surface area (Å²) in [6.07, 6.45) is 0. The van der Waals surface area contributed by atoms with Gasteiger partial charge in [0.15, 0.2) is 0 Å². The summed E-state index contributed by atoms with van der Waals surface area (Å²) in [5.74, 6) is -0.833. The van der Waals surface area contributed by atoms with Crippen molar-refractivity contribution in [1.29, 1.82) is 0 Å². The van der Waals surface area contributed by atoms with Crippen molar-refractivity contribution in [2.75, 3.05) is 13.7 Å². The highest BCUT2D eigenvalue weighted by Crippen LogP contribution is 2.32. The lowest BCUT2D eigenvalue weighted by atomic mass is 9.94. The van der Waals surface area contributed by atoms with Crippen LogP contribution in [0, 0.1) is 6.92 Å². The molecule has 0 bridgehead atoms. The maximum Gasteiger partial charge on any atom is 0.379 e. The molecule has 0 aliphatic heterocycles. The third-order valence-electron chi connectivity index (χ3n) is 2.91. The molecule has 19 heavy (non-hydrogen) atoms. The first kappa shape index (κ1) is 15.2. The van der Waals surface area contributed by atoms with E-state index in [2.05, 4.69) is 0 Å². The fourth-order valence-corrected chi connectivity index (χ4v) is 1.95. The molecule has 0 heterocycles. The molecule has 0 spiro atoms. The highest BCUT2D eigenvalue weighted by molar-refractivity contribution is 6.41. The van der Waals surface area contributed by atoms with E-state index in [-0.39, 0.29) is 12.5 Å². The molecule has 0 aromatic heterocycles. The van der Waals surface area contributed by atoms with Crippen LogP contribution in [0.2, 0.25) is 0 Å². The molecule has 4 nitrogen and oxygen atoms in total. The van der Waals surface area contributed by atoms with E-state index in [4.69, 9.17) is 9.47 Å². The first-order valence-electron chi connectivity index (χ1n) is 6.32. The minimum atomic E-state index is -0.843.